The number of hydrogen-bond donors (Lipinski definition) is 1. The maximum Gasteiger partial charge on any atom is 0.236 e. The number of aromatic nitrogens is 1. The van der Waals surface area contributed by atoms with Gasteiger partial charge >= 0.3 is 0 Å². The van der Waals surface area contributed by atoms with Crippen molar-refractivity contribution in [3.05, 3.63) is 71.9 Å². The van der Waals surface area contributed by atoms with Crippen molar-refractivity contribution in [1.82, 2.24) is 9.88 Å². The maximum atomic E-state index is 13.0. The Kier molecular flexibility index (Phi) is 3.10. The van der Waals surface area contributed by atoms with Gasteiger partial charge in [0, 0.05) is 11.1 Å². The predicted octanol–water partition coefficient (Wildman–Crippen LogP) is 3.80. The molecule has 1 saturated heterocycles. The first kappa shape index (κ1) is 14.0. The van der Waals surface area contributed by atoms with Crippen LogP contribution in [-0.4, -0.2) is 17.0 Å². The molecule has 5 rings (SSSR count). The Balaban J connectivity index is 1.43. The topological polar surface area (TPSA) is 34.0 Å². The average Bonchev–Trinajstić information content (AvgIpc) is 3.12. The van der Waals surface area contributed by atoms with E-state index in [0.717, 1.165) is 36.0 Å². The Morgan fingerprint density at radius 3 is 2.71 bits per heavy atom. The molecular formula is C21H20N2O. The molecule has 2 aliphatic heterocycles. The highest BCUT2D eigenvalue weighted by Gasteiger charge is 2.44. The molecule has 3 nitrogen and oxygen atoms in total. The number of para-hydroxylation sites is 1. The third kappa shape index (κ3) is 2.05. The van der Waals surface area contributed by atoms with Crippen LogP contribution >= 0.6 is 0 Å². The Morgan fingerprint density at radius 2 is 1.83 bits per heavy atom. The molecule has 2 aliphatic rings. The second kappa shape index (κ2) is 5.32. The first-order valence-electron chi connectivity index (χ1n) is 8.73. The standard InChI is InChI=1S/C21H20N2O/c24-21-17-11-15(10-14-6-2-1-3-7-14)13-22-20(17)19-12-16-8-4-5-9-18(16)23(19)21/h1-9,12,15,17,20,22H,10-11,13H2. The minimum atomic E-state index is 0.0760. The normalized spacial score (nSPS) is 25.7. The van der Waals surface area contributed by atoms with Gasteiger partial charge in [0.05, 0.1) is 17.5 Å². The minimum Gasteiger partial charge on any atom is -0.308 e. The molecule has 1 aromatic heterocycles. The SMILES string of the molecule is O=C1C2CC(Cc3ccccc3)CNC2c2cc3ccccc3n21. The maximum absolute atomic E-state index is 13.0. The summed E-state index contributed by atoms with van der Waals surface area (Å²) in [6.07, 6.45) is 2.02. The summed E-state index contributed by atoms with van der Waals surface area (Å²) in [4.78, 5) is 13.0. The predicted molar refractivity (Wildman–Crippen MR) is 95.1 cm³/mol. The molecule has 1 fully saturated rings. The highest BCUT2D eigenvalue weighted by molar-refractivity contribution is 5.98. The van der Waals surface area contributed by atoms with E-state index in [2.05, 4.69) is 53.8 Å². The van der Waals surface area contributed by atoms with Crippen molar-refractivity contribution in [2.75, 3.05) is 6.54 Å². The van der Waals surface area contributed by atoms with Gasteiger partial charge in [0.25, 0.3) is 0 Å². The number of rotatable bonds is 2. The Labute approximate surface area is 141 Å². The summed E-state index contributed by atoms with van der Waals surface area (Å²) in [5, 5.41) is 4.82. The molecule has 3 aromatic rings. The second-order valence-corrected chi connectivity index (χ2v) is 7.09. The molecule has 0 saturated carbocycles. The van der Waals surface area contributed by atoms with E-state index >= 15 is 0 Å². The van der Waals surface area contributed by atoms with Crippen molar-refractivity contribution in [2.45, 2.75) is 18.9 Å². The highest BCUT2D eigenvalue weighted by Crippen LogP contribution is 2.42. The van der Waals surface area contributed by atoms with Crippen molar-refractivity contribution in [3.63, 3.8) is 0 Å². The van der Waals surface area contributed by atoms with Gasteiger partial charge in [0.2, 0.25) is 5.91 Å². The smallest absolute Gasteiger partial charge is 0.236 e. The van der Waals surface area contributed by atoms with Crippen molar-refractivity contribution in [2.24, 2.45) is 11.8 Å². The van der Waals surface area contributed by atoms with Gasteiger partial charge in [0.15, 0.2) is 0 Å². The van der Waals surface area contributed by atoms with E-state index in [0.29, 0.717) is 5.92 Å². The van der Waals surface area contributed by atoms with E-state index in [9.17, 15) is 4.79 Å². The molecule has 24 heavy (non-hydrogen) atoms. The lowest BCUT2D eigenvalue weighted by Gasteiger charge is -2.31. The monoisotopic (exact) mass is 316 g/mol. The van der Waals surface area contributed by atoms with E-state index < -0.39 is 0 Å². The van der Waals surface area contributed by atoms with E-state index in [1.807, 2.05) is 16.7 Å². The molecule has 3 unspecified atom stereocenters. The minimum absolute atomic E-state index is 0.0760. The number of hydrogen-bond acceptors (Lipinski definition) is 2. The summed E-state index contributed by atoms with van der Waals surface area (Å²) in [6, 6.07) is 21.1. The molecular weight excluding hydrogens is 296 g/mol. The fourth-order valence-electron chi connectivity index (χ4n) is 4.49. The van der Waals surface area contributed by atoms with Crippen LogP contribution in [0.25, 0.3) is 10.9 Å². The molecule has 0 amide bonds. The fourth-order valence-corrected chi connectivity index (χ4v) is 4.49. The molecule has 2 aromatic carbocycles. The van der Waals surface area contributed by atoms with Crippen LogP contribution in [0, 0.1) is 11.8 Å². The molecule has 120 valence electrons. The Bertz CT molecular complexity index is 912. The second-order valence-electron chi connectivity index (χ2n) is 7.09. The third-order valence-electron chi connectivity index (χ3n) is 5.58. The third-order valence-corrected chi connectivity index (χ3v) is 5.58. The largest absolute Gasteiger partial charge is 0.308 e. The van der Waals surface area contributed by atoms with Gasteiger partial charge in [-0.25, -0.2) is 0 Å². The van der Waals surface area contributed by atoms with Crippen LogP contribution in [0.15, 0.2) is 60.7 Å². The van der Waals surface area contributed by atoms with Crippen molar-refractivity contribution < 1.29 is 4.79 Å². The quantitative estimate of drug-likeness (QED) is 0.780. The summed E-state index contributed by atoms with van der Waals surface area (Å²) < 4.78 is 1.95. The summed E-state index contributed by atoms with van der Waals surface area (Å²) in [5.41, 5.74) is 3.55. The number of carbonyl (C=O) groups excluding carboxylic acids is 1. The van der Waals surface area contributed by atoms with E-state index in [4.69, 9.17) is 0 Å². The van der Waals surface area contributed by atoms with Gasteiger partial charge in [-0.3, -0.25) is 9.36 Å². The van der Waals surface area contributed by atoms with Crippen LogP contribution in [0.1, 0.15) is 28.5 Å². The molecule has 0 aliphatic carbocycles. The van der Waals surface area contributed by atoms with Gasteiger partial charge in [-0.2, -0.15) is 0 Å². The molecule has 3 atom stereocenters. The average molecular weight is 316 g/mol. The fraction of sp³-hybridized carbons (Fsp3) is 0.286. The lowest BCUT2D eigenvalue weighted by atomic mass is 9.82. The van der Waals surface area contributed by atoms with Crippen molar-refractivity contribution in [3.8, 4) is 0 Å². The van der Waals surface area contributed by atoms with Gasteiger partial charge < -0.3 is 5.32 Å². The highest BCUT2D eigenvalue weighted by atomic mass is 16.2. The van der Waals surface area contributed by atoms with Crippen molar-refractivity contribution in [1.29, 1.82) is 0 Å². The molecule has 0 bridgehead atoms. The van der Waals surface area contributed by atoms with Gasteiger partial charge in [-0.1, -0.05) is 48.5 Å². The van der Waals surface area contributed by atoms with Crippen LogP contribution in [0.2, 0.25) is 0 Å². The number of carbonyl (C=O) groups is 1. The molecule has 1 N–H and O–H groups in total. The number of nitrogens with zero attached hydrogens (tertiary/aromatic N) is 1. The van der Waals surface area contributed by atoms with Crippen LogP contribution in [0.5, 0.6) is 0 Å². The molecule has 3 heterocycles. The van der Waals surface area contributed by atoms with Crippen LogP contribution in [-0.2, 0) is 6.42 Å². The lowest BCUT2D eigenvalue weighted by Crippen LogP contribution is -2.39. The van der Waals surface area contributed by atoms with E-state index in [-0.39, 0.29) is 17.9 Å². The molecule has 0 spiro atoms. The van der Waals surface area contributed by atoms with Crippen molar-refractivity contribution >= 4 is 16.8 Å². The van der Waals surface area contributed by atoms with E-state index in [1.54, 1.807) is 0 Å². The number of fused-ring (bicyclic) bond motifs is 5. The zero-order valence-corrected chi connectivity index (χ0v) is 13.5. The number of benzene rings is 2. The van der Waals surface area contributed by atoms with Crippen LogP contribution in [0.3, 0.4) is 0 Å². The zero-order chi connectivity index (χ0) is 16.1. The first-order valence-corrected chi connectivity index (χ1v) is 8.73. The molecule has 0 radical (unpaired) electrons. The van der Waals surface area contributed by atoms with Crippen LogP contribution < -0.4 is 5.32 Å². The summed E-state index contributed by atoms with van der Waals surface area (Å²) in [7, 11) is 0. The number of piperidine rings is 1. The van der Waals surface area contributed by atoms with Gasteiger partial charge in [-0.05, 0) is 43.0 Å². The van der Waals surface area contributed by atoms with E-state index in [1.165, 1.54) is 5.56 Å². The zero-order valence-electron chi connectivity index (χ0n) is 13.5. The summed E-state index contributed by atoms with van der Waals surface area (Å²) >= 11 is 0. The Morgan fingerprint density at radius 1 is 1.04 bits per heavy atom. The van der Waals surface area contributed by atoms with Gasteiger partial charge in [0.1, 0.15) is 0 Å². The van der Waals surface area contributed by atoms with Gasteiger partial charge in [-0.15, -0.1) is 0 Å². The summed E-state index contributed by atoms with van der Waals surface area (Å²) in [5.74, 6) is 0.863. The Hall–Kier alpha value is -2.39. The number of nitrogens with one attached hydrogen (secondary N) is 1. The first-order chi connectivity index (χ1) is 11.8. The summed E-state index contributed by atoms with van der Waals surface area (Å²) in [6.45, 7) is 0.977. The van der Waals surface area contributed by atoms with Crippen LogP contribution in [0.4, 0.5) is 0 Å². The lowest BCUT2D eigenvalue weighted by molar-refractivity contribution is 0.0802. The molecule has 3 heteroatoms.